The second kappa shape index (κ2) is 17.1. The van der Waals surface area contributed by atoms with Gasteiger partial charge in [-0.05, 0) is 99.4 Å². The summed E-state index contributed by atoms with van der Waals surface area (Å²) < 4.78 is 37.1. The van der Waals surface area contributed by atoms with Gasteiger partial charge in [-0.2, -0.15) is 0 Å². The Kier molecular flexibility index (Phi) is 12.9. The molecule has 1 unspecified atom stereocenters. The fraction of sp³-hybridized carbons (Fsp3) is 0.930. The summed E-state index contributed by atoms with van der Waals surface area (Å²) in [6, 6.07) is 0.238. The van der Waals surface area contributed by atoms with Crippen molar-refractivity contribution in [3.8, 4) is 0 Å². The fourth-order valence-electron chi connectivity index (χ4n) is 13.7. The average molecular weight is 872 g/mol. The largest absolute Gasteiger partial charge is 0.394 e. The van der Waals surface area contributed by atoms with Crippen LogP contribution in [0, 0.1) is 28.1 Å². The maximum absolute atomic E-state index is 14.4. The molecule has 0 aromatic heterocycles. The molecule has 8 aliphatic rings. The highest BCUT2D eigenvalue weighted by Gasteiger charge is 2.69. The van der Waals surface area contributed by atoms with Gasteiger partial charge < -0.3 is 84.4 Å². The van der Waals surface area contributed by atoms with Gasteiger partial charge in [-0.1, -0.05) is 26.8 Å². The Hall–Kier alpha value is -1.43. The number of amides is 1. The van der Waals surface area contributed by atoms with E-state index in [2.05, 4.69) is 32.3 Å². The number of nitrogens with zero attached hydrogens (tertiary/aromatic N) is 1. The molecule has 0 radical (unpaired) electrons. The first-order chi connectivity index (χ1) is 28.9. The number of rotatable bonds is 10. The SMILES string of the molecule is C=C1C[C@@]23CC[C@H]4[C@@](C)(CCC[C@@]4(C)C(=O)N4CCCC4C)[C@@H]2CC[C@]1(O[C@@H]1O[C@H](CO)[C@@H](O)[C@H](O[C@@H]2O[C@H](CO)[C@@H](O)[C@H](O)[C@H]2O)[C@H]1O[C@@H]1O[C@H](CO)[C@@H](O)[C@H](O)[C@H]1O)C3. The Balaban J connectivity index is 1.10. The predicted molar refractivity (Wildman–Crippen MR) is 210 cm³/mol. The Morgan fingerprint density at radius 1 is 0.689 bits per heavy atom. The van der Waals surface area contributed by atoms with Crippen LogP contribution in [0.5, 0.6) is 0 Å². The number of hydrogen-bond acceptors (Lipinski definition) is 17. The summed E-state index contributed by atoms with van der Waals surface area (Å²) in [5.74, 6) is 0.757. The molecule has 10 N–H and O–H groups in total. The molecule has 18 heteroatoms. The van der Waals surface area contributed by atoms with Crippen LogP contribution in [-0.2, 0) is 33.2 Å². The van der Waals surface area contributed by atoms with Gasteiger partial charge in [-0.25, -0.2) is 0 Å². The minimum atomic E-state index is -1.90. The van der Waals surface area contributed by atoms with Crippen LogP contribution in [-0.4, -0.2) is 192 Å². The van der Waals surface area contributed by atoms with E-state index >= 15 is 0 Å². The molecule has 2 bridgehead atoms. The van der Waals surface area contributed by atoms with Crippen LogP contribution < -0.4 is 0 Å². The molecule has 1 amide bonds. The Morgan fingerprint density at radius 2 is 1.25 bits per heavy atom. The number of ether oxygens (including phenoxy) is 6. The summed E-state index contributed by atoms with van der Waals surface area (Å²) >= 11 is 0. The number of fused-ring (bicyclic) bond motifs is 3. The highest BCUT2D eigenvalue weighted by atomic mass is 16.8. The van der Waals surface area contributed by atoms with Crippen molar-refractivity contribution < 1.29 is 84.3 Å². The van der Waals surface area contributed by atoms with Crippen LogP contribution in [0.4, 0.5) is 0 Å². The summed E-state index contributed by atoms with van der Waals surface area (Å²) in [7, 11) is 0. The van der Waals surface area contributed by atoms with Gasteiger partial charge in [-0.15, -0.1) is 0 Å². The molecule has 4 saturated carbocycles. The van der Waals surface area contributed by atoms with Crippen LogP contribution in [0.15, 0.2) is 12.2 Å². The quantitative estimate of drug-likeness (QED) is 0.0889. The zero-order chi connectivity index (χ0) is 44.0. The van der Waals surface area contributed by atoms with E-state index in [1.807, 2.05) is 0 Å². The third-order valence-electron chi connectivity index (χ3n) is 16.8. The smallest absolute Gasteiger partial charge is 0.229 e. The lowest BCUT2D eigenvalue weighted by atomic mass is 9.40. The van der Waals surface area contributed by atoms with E-state index in [-0.39, 0.29) is 34.6 Å². The fourth-order valence-corrected chi connectivity index (χ4v) is 13.7. The van der Waals surface area contributed by atoms with Gasteiger partial charge in [0.05, 0.1) is 25.4 Å². The summed E-state index contributed by atoms with van der Waals surface area (Å²) in [5.41, 5.74) is -0.975. The van der Waals surface area contributed by atoms with Crippen molar-refractivity contribution in [2.45, 2.75) is 195 Å². The molecule has 61 heavy (non-hydrogen) atoms. The Bertz CT molecular complexity index is 1600. The molecule has 8 fully saturated rings. The third kappa shape index (κ3) is 7.45. The molecule has 4 heterocycles. The first-order valence-corrected chi connectivity index (χ1v) is 22.4. The molecule has 348 valence electrons. The molecule has 4 aliphatic heterocycles. The minimum Gasteiger partial charge on any atom is -0.394 e. The van der Waals surface area contributed by atoms with Crippen LogP contribution in [0.1, 0.15) is 91.4 Å². The highest BCUT2D eigenvalue weighted by molar-refractivity contribution is 5.83. The summed E-state index contributed by atoms with van der Waals surface area (Å²) in [6.45, 7) is 9.85. The number of likely N-dealkylation sites (tertiary alicyclic amines) is 1. The van der Waals surface area contributed by atoms with Crippen molar-refractivity contribution in [1.82, 2.24) is 4.90 Å². The van der Waals surface area contributed by atoms with Crippen molar-refractivity contribution >= 4 is 5.91 Å². The van der Waals surface area contributed by atoms with Gasteiger partial charge in [0, 0.05) is 18.0 Å². The van der Waals surface area contributed by atoms with E-state index in [1.54, 1.807) is 0 Å². The lowest BCUT2D eigenvalue weighted by molar-refractivity contribution is -0.400. The molecule has 4 aliphatic carbocycles. The summed E-state index contributed by atoms with van der Waals surface area (Å²) in [6.07, 6.45) is -16.0. The van der Waals surface area contributed by atoms with Crippen LogP contribution >= 0.6 is 0 Å². The zero-order valence-electron chi connectivity index (χ0n) is 35.5. The van der Waals surface area contributed by atoms with Crippen molar-refractivity contribution in [2.24, 2.45) is 28.1 Å². The van der Waals surface area contributed by atoms with Gasteiger partial charge in [0.25, 0.3) is 0 Å². The maximum atomic E-state index is 14.4. The van der Waals surface area contributed by atoms with Crippen molar-refractivity contribution in [3.05, 3.63) is 12.2 Å². The molecule has 0 aromatic carbocycles. The van der Waals surface area contributed by atoms with E-state index in [0.717, 1.165) is 63.5 Å². The lowest BCUT2D eigenvalue weighted by Gasteiger charge is -2.64. The zero-order valence-corrected chi connectivity index (χ0v) is 35.5. The van der Waals surface area contributed by atoms with E-state index in [1.165, 1.54) is 0 Å². The Morgan fingerprint density at radius 3 is 1.82 bits per heavy atom. The summed E-state index contributed by atoms with van der Waals surface area (Å²) in [4.78, 5) is 16.6. The standard InChI is InChI=1S/C43H69NO17/c1-20-15-42-12-8-25-40(3,10-6-11-41(25,4)39(55)44-14-5-7-21(44)2)26(42)9-13-43(20,19-42)61-38-35(60-37-33(54)31(52)28(49)23(17-46)57-37)34(29(50)24(18-47)58-38)59-36-32(53)30(51)27(48)22(16-45)56-36/h21-38,45-54H,1,5-19H2,2-4H3/t21?,22-,23-,24-,25+,26+,27-,28-,29-,30+,31+,32-,33-,34+,35-,36+,37+,38+,40-,41-,42-,43+/m1/s1. The van der Waals surface area contributed by atoms with Gasteiger partial charge in [0.1, 0.15) is 73.2 Å². The van der Waals surface area contributed by atoms with Gasteiger partial charge >= 0.3 is 0 Å². The van der Waals surface area contributed by atoms with E-state index in [9.17, 15) is 55.9 Å². The van der Waals surface area contributed by atoms with Crippen LogP contribution in [0.3, 0.4) is 0 Å². The maximum Gasteiger partial charge on any atom is 0.229 e. The second-order valence-electron chi connectivity index (χ2n) is 20.2. The van der Waals surface area contributed by atoms with Crippen LogP contribution in [0.25, 0.3) is 0 Å². The summed E-state index contributed by atoms with van der Waals surface area (Å²) in [5, 5.41) is 106. The second-order valence-corrected chi connectivity index (χ2v) is 20.2. The molecule has 18 nitrogen and oxygen atoms in total. The molecule has 0 aromatic rings. The first kappa shape index (κ1) is 46.1. The molecular weight excluding hydrogens is 802 g/mol. The molecule has 4 saturated heterocycles. The lowest BCUT2D eigenvalue weighted by Crippen LogP contribution is -2.68. The van der Waals surface area contributed by atoms with E-state index in [0.29, 0.717) is 19.3 Å². The van der Waals surface area contributed by atoms with Gasteiger partial charge in [0.2, 0.25) is 5.91 Å². The number of hydrogen-bond donors (Lipinski definition) is 10. The predicted octanol–water partition coefficient (Wildman–Crippen LogP) is -1.45. The monoisotopic (exact) mass is 871 g/mol. The van der Waals surface area contributed by atoms with Crippen molar-refractivity contribution in [1.29, 1.82) is 0 Å². The van der Waals surface area contributed by atoms with E-state index < -0.39 is 123 Å². The number of carbonyl (C=O) groups is 1. The molecule has 8 rings (SSSR count). The normalized spacial score (nSPS) is 53.7. The van der Waals surface area contributed by atoms with E-state index in [4.69, 9.17) is 28.4 Å². The Labute approximate surface area is 356 Å². The number of aliphatic hydroxyl groups is 10. The highest BCUT2D eigenvalue weighted by Crippen LogP contribution is 2.74. The van der Waals surface area contributed by atoms with Crippen molar-refractivity contribution in [2.75, 3.05) is 26.4 Å². The minimum absolute atomic E-state index is 0.118. The molecule has 1 spiro atoms. The van der Waals surface area contributed by atoms with Crippen molar-refractivity contribution in [3.63, 3.8) is 0 Å². The topological polar surface area (TPSA) is 278 Å². The average Bonchev–Trinajstić information content (AvgIpc) is 3.75. The molecular formula is C43H69NO17. The van der Waals surface area contributed by atoms with Gasteiger partial charge in [-0.3, -0.25) is 4.79 Å². The first-order valence-electron chi connectivity index (χ1n) is 22.4. The number of aliphatic hydroxyl groups excluding tert-OH is 10. The third-order valence-corrected chi connectivity index (χ3v) is 16.8. The molecule has 22 atom stereocenters. The van der Waals surface area contributed by atoms with Crippen LogP contribution in [0.2, 0.25) is 0 Å². The number of carbonyl (C=O) groups excluding carboxylic acids is 1. The van der Waals surface area contributed by atoms with Gasteiger partial charge in [0.15, 0.2) is 18.9 Å².